The Morgan fingerprint density at radius 2 is 1.97 bits per heavy atom. The first-order valence-electron chi connectivity index (χ1n) is 9.48. The molecule has 30 heavy (non-hydrogen) atoms. The number of hydrogen-bond donors (Lipinski definition) is 1. The van der Waals surface area contributed by atoms with Crippen molar-refractivity contribution < 1.29 is 9.66 Å². The smallest absolute Gasteiger partial charge is 0.270 e. The maximum absolute atomic E-state index is 11.2. The van der Waals surface area contributed by atoms with E-state index in [-0.39, 0.29) is 5.69 Å². The first kappa shape index (κ1) is 19.8. The van der Waals surface area contributed by atoms with Crippen LogP contribution in [-0.4, -0.2) is 21.5 Å². The van der Waals surface area contributed by atoms with Gasteiger partial charge in [0, 0.05) is 28.8 Å². The lowest BCUT2D eigenvalue weighted by molar-refractivity contribution is -0.384. The zero-order chi connectivity index (χ0) is 21.1. The van der Waals surface area contributed by atoms with Gasteiger partial charge in [-0.25, -0.2) is 9.97 Å². The summed E-state index contributed by atoms with van der Waals surface area (Å²) < 4.78 is 5.73. The largest absolute Gasteiger partial charge is 0.493 e. The lowest BCUT2D eigenvalue weighted by Gasteiger charge is -2.11. The molecule has 2 aromatic heterocycles. The lowest BCUT2D eigenvalue weighted by atomic mass is 10.1. The van der Waals surface area contributed by atoms with E-state index in [0.717, 1.165) is 32.8 Å². The fraction of sp³-hybridized carbons (Fsp3) is 0.182. The summed E-state index contributed by atoms with van der Waals surface area (Å²) in [6.45, 7) is 4.88. The lowest BCUT2D eigenvalue weighted by Crippen LogP contribution is -2.04. The standard InChI is InChI=1S/C22H20N4O3S/c1-14(2)11-29-18-8-6-16(7-9-18)25-21-20-19(12-30-22(20)24-13-23-21)15-4-3-5-17(10-15)26(27)28/h3-10,12-14H,11H2,1-2H3,(H,23,24,25). The third-order valence-corrected chi connectivity index (χ3v) is 5.32. The quantitative estimate of drug-likeness (QED) is 0.289. The number of thiophene rings is 1. The fourth-order valence-electron chi connectivity index (χ4n) is 3.00. The number of nitrogens with one attached hydrogen (secondary N) is 1. The van der Waals surface area contributed by atoms with E-state index in [2.05, 4.69) is 29.1 Å². The second-order valence-electron chi connectivity index (χ2n) is 7.21. The van der Waals surface area contributed by atoms with Crippen molar-refractivity contribution in [2.45, 2.75) is 13.8 Å². The molecule has 7 nitrogen and oxygen atoms in total. The van der Waals surface area contributed by atoms with Gasteiger partial charge in [-0.15, -0.1) is 11.3 Å². The number of aromatic nitrogens is 2. The Morgan fingerprint density at radius 1 is 1.17 bits per heavy atom. The Bertz CT molecular complexity index is 1190. The van der Waals surface area contributed by atoms with E-state index in [1.165, 1.54) is 23.7 Å². The first-order valence-corrected chi connectivity index (χ1v) is 10.4. The van der Waals surface area contributed by atoms with Crippen molar-refractivity contribution in [3.8, 4) is 16.9 Å². The molecule has 0 amide bonds. The first-order chi connectivity index (χ1) is 14.5. The Hall–Kier alpha value is -3.52. The molecule has 4 aromatic rings. The van der Waals surface area contributed by atoms with Gasteiger partial charge in [0.15, 0.2) is 0 Å². The molecule has 0 bridgehead atoms. The van der Waals surface area contributed by atoms with Gasteiger partial charge in [0.25, 0.3) is 5.69 Å². The van der Waals surface area contributed by atoms with Gasteiger partial charge >= 0.3 is 0 Å². The summed E-state index contributed by atoms with van der Waals surface area (Å²) in [5.74, 6) is 1.93. The molecule has 2 aromatic carbocycles. The van der Waals surface area contributed by atoms with Crippen LogP contribution < -0.4 is 10.1 Å². The van der Waals surface area contributed by atoms with Crippen LogP contribution in [0.1, 0.15) is 13.8 Å². The van der Waals surface area contributed by atoms with E-state index >= 15 is 0 Å². The predicted molar refractivity (Wildman–Crippen MR) is 120 cm³/mol. The number of ether oxygens (including phenoxy) is 1. The maximum Gasteiger partial charge on any atom is 0.270 e. The molecule has 0 aliphatic carbocycles. The number of fused-ring (bicyclic) bond motifs is 1. The zero-order valence-corrected chi connectivity index (χ0v) is 17.3. The van der Waals surface area contributed by atoms with E-state index in [9.17, 15) is 10.1 Å². The van der Waals surface area contributed by atoms with Crippen LogP contribution in [0.25, 0.3) is 21.3 Å². The number of nitro groups is 1. The van der Waals surface area contributed by atoms with Crippen molar-refractivity contribution in [2.24, 2.45) is 5.92 Å². The minimum absolute atomic E-state index is 0.0511. The van der Waals surface area contributed by atoms with Gasteiger partial charge in [0.1, 0.15) is 22.7 Å². The molecule has 1 N–H and O–H groups in total. The number of benzene rings is 2. The molecular formula is C22H20N4O3S. The average molecular weight is 420 g/mol. The van der Waals surface area contributed by atoms with Crippen LogP contribution in [0.3, 0.4) is 0 Å². The van der Waals surface area contributed by atoms with Gasteiger partial charge in [0.05, 0.1) is 16.9 Å². The summed E-state index contributed by atoms with van der Waals surface area (Å²) in [5, 5.41) is 17.3. The summed E-state index contributed by atoms with van der Waals surface area (Å²) >= 11 is 1.48. The van der Waals surface area contributed by atoms with Gasteiger partial charge in [-0.3, -0.25) is 10.1 Å². The Morgan fingerprint density at radius 3 is 2.70 bits per heavy atom. The van der Waals surface area contributed by atoms with Crippen molar-refractivity contribution in [1.29, 1.82) is 0 Å². The summed E-state index contributed by atoms with van der Waals surface area (Å²) in [6, 6.07) is 14.3. The van der Waals surface area contributed by atoms with Gasteiger partial charge in [-0.1, -0.05) is 26.0 Å². The maximum atomic E-state index is 11.2. The highest BCUT2D eigenvalue weighted by Crippen LogP contribution is 2.38. The van der Waals surface area contributed by atoms with Crippen LogP contribution in [0, 0.1) is 16.0 Å². The molecule has 0 fully saturated rings. The highest BCUT2D eigenvalue weighted by Gasteiger charge is 2.15. The van der Waals surface area contributed by atoms with Crippen molar-refractivity contribution in [3.05, 3.63) is 70.4 Å². The molecule has 152 valence electrons. The molecule has 0 unspecified atom stereocenters. The molecule has 8 heteroatoms. The van der Waals surface area contributed by atoms with E-state index < -0.39 is 4.92 Å². The van der Waals surface area contributed by atoms with Gasteiger partial charge < -0.3 is 10.1 Å². The van der Waals surface area contributed by atoms with E-state index in [1.807, 2.05) is 35.7 Å². The van der Waals surface area contributed by atoms with Crippen molar-refractivity contribution in [1.82, 2.24) is 9.97 Å². The molecule has 0 aliphatic rings. The summed E-state index contributed by atoms with van der Waals surface area (Å²) in [7, 11) is 0. The van der Waals surface area contributed by atoms with Crippen LogP contribution in [0.5, 0.6) is 5.75 Å². The van der Waals surface area contributed by atoms with Crippen LogP contribution in [0.15, 0.2) is 60.2 Å². The summed E-state index contributed by atoms with van der Waals surface area (Å²) in [6.07, 6.45) is 1.51. The number of hydrogen-bond acceptors (Lipinski definition) is 7. The Kier molecular flexibility index (Phi) is 5.58. The SMILES string of the molecule is CC(C)COc1ccc(Nc2ncnc3scc(-c4cccc([N+](=O)[O-])c4)c23)cc1. The second kappa shape index (κ2) is 8.46. The van der Waals surface area contributed by atoms with E-state index in [4.69, 9.17) is 4.74 Å². The van der Waals surface area contributed by atoms with Crippen LogP contribution in [0.2, 0.25) is 0 Å². The average Bonchev–Trinajstić information content (AvgIpc) is 3.18. The molecule has 0 saturated carbocycles. The van der Waals surface area contributed by atoms with Crippen molar-refractivity contribution in [3.63, 3.8) is 0 Å². The minimum Gasteiger partial charge on any atom is -0.493 e. The van der Waals surface area contributed by atoms with E-state index in [1.54, 1.807) is 12.1 Å². The predicted octanol–water partition coefficient (Wildman–Crippen LogP) is 6.04. The highest BCUT2D eigenvalue weighted by atomic mass is 32.1. The topological polar surface area (TPSA) is 90.2 Å². The third-order valence-electron chi connectivity index (χ3n) is 4.44. The number of nitrogens with zero attached hydrogens (tertiary/aromatic N) is 3. The second-order valence-corrected chi connectivity index (χ2v) is 8.07. The molecular weight excluding hydrogens is 400 g/mol. The summed E-state index contributed by atoms with van der Waals surface area (Å²) in [5.41, 5.74) is 2.53. The molecule has 0 atom stereocenters. The summed E-state index contributed by atoms with van der Waals surface area (Å²) in [4.78, 5) is 20.4. The number of rotatable bonds is 7. The molecule has 0 aliphatic heterocycles. The van der Waals surface area contributed by atoms with Gasteiger partial charge in [-0.2, -0.15) is 0 Å². The van der Waals surface area contributed by atoms with Crippen LogP contribution in [0.4, 0.5) is 17.2 Å². The molecule has 0 radical (unpaired) electrons. The van der Waals surface area contributed by atoms with E-state index in [0.29, 0.717) is 18.3 Å². The van der Waals surface area contributed by atoms with Crippen molar-refractivity contribution >= 4 is 38.7 Å². The van der Waals surface area contributed by atoms with Crippen LogP contribution >= 0.6 is 11.3 Å². The van der Waals surface area contributed by atoms with Crippen LogP contribution in [-0.2, 0) is 0 Å². The Balaban J connectivity index is 1.66. The molecule has 2 heterocycles. The monoisotopic (exact) mass is 420 g/mol. The normalized spacial score (nSPS) is 11.0. The highest BCUT2D eigenvalue weighted by molar-refractivity contribution is 7.17. The number of anilines is 2. The van der Waals surface area contributed by atoms with Gasteiger partial charge in [-0.05, 0) is 35.7 Å². The zero-order valence-electron chi connectivity index (χ0n) is 16.5. The molecule has 0 spiro atoms. The molecule has 0 saturated heterocycles. The number of non-ortho nitro benzene ring substituents is 1. The minimum atomic E-state index is -0.392. The third kappa shape index (κ3) is 4.23. The van der Waals surface area contributed by atoms with Crippen molar-refractivity contribution in [2.75, 3.05) is 11.9 Å². The van der Waals surface area contributed by atoms with Gasteiger partial charge in [0.2, 0.25) is 0 Å². The fourth-order valence-corrected chi connectivity index (χ4v) is 3.92. The molecule has 4 rings (SSSR count). The number of nitro benzene ring substituents is 1. The Labute approximate surface area is 177 Å².